The maximum Gasteiger partial charge on any atom is 0.276 e. The summed E-state index contributed by atoms with van der Waals surface area (Å²) in [5, 5.41) is 7.12. The zero-order valence-electron chi connectivity index (χ0n) is 11.6. The van der Waals surface area contributed by atoms with Crippen molar-refractivity contribution in [2.24, 2.45) is 0 Å². The number of carbonyl (C=O) groups excluding carboxylic acids is 1. The van der Waals surface area contributed by atoms with E-state index in [-0.39, 0.29) is 11.3 Å². The largest absolute Gasteiger partial charge is 0.495 e. The number of nitrogens with zero attached hydrogens (tertiary/aromatic N) is 2. The van der Waals surface area contributed by atoms with Crippen molar-refractivity contribution in [3.05, 3.63) is 51.4 Å². The molecule has 1 aromatic carbocycles. The van der Waals surface area contributed by atoms with Gasteiger partial charge in [-0.15, -0.1) is 0 Å². The molecular weight excluding hydrogens is 294 g/mol. The molecule has 21 heavy (non-hydrogen) atoms. The van der Waals surface area contributed by atoms with Gasteiger partial charge < -0.3 is 10.1 Å². The molecule has 110 valence electrons. The first kappa shape index (κ1) is 15.1. The van der Waals surface area contributed by atoms with Crippen molar-refractivity contribution < 1.29 is 9.53 Å². The summed E-state index contributed by atoms with van der Waals surface area (Å²) >= 11 is 5.90. The average molecular weight is 308 g/mol. The van der Waals surface area contributed by atoms with E-state index in [9.17, 15) is 9.59 Å². The van der Waals surface area contributed by atoms with Crippen LogP contribution < -0.4 is 15.6 Å². The van der Waals surface area contributed by atoms with Gasteiger partial charge in [-0.1, -0.05) is 11.6 Å². The van der Waals surface area contributed by atoms with Crippen LogP contribution in [-0.2, 0) is 6.54 Å². The molecule has 0 spiro atoms. The molecule has 1 heterocycles. The zero-order valence-corrected chi connectivity index (χ0v) is 12.3. The second-order valence-electron chi connectivity index (χ2n) is 4.17. The van der Waals surface area contributed by atoms with Gasteiger partial charge in [0.05, 0.1) is 12.8 Å². The highest BCUT2D eigenvalue weighted by Crippen LogP contribution is 2.27. The number of hydrogen-bond donors (Lipinski definition) is 1. The summed E-state index contributed by atoms with van der Waals surface area (Å²) in [6.45, 7) is 2.16. The molecule has 1 aromatic heterocycles. The first-order valence-corrected chi connectivity index (χ1v) is 6.66. The molecule has 1 N–H and O–H groups in total. The monoisotopic (exact) mass is 307 g/mol. The predicted octanol–water partition coefficient (Wildman–Crippen LogP) is 2.18. The first-order chi connectivity index (χ1) is 10.0. The summed E-state index contributed by atoms with van der Waals surface area (Å²) in [7, 11) is 1.49. The number of methoxy groups -OCH3 is 1. The van der Waals surface area contributed by atoms with Crippen LogP contribution in [0.5, 0.6) is 5.75 Å². The minimum atomic E-state index is -0.447. The first-order valence-electron chi connectivity index (χ1n) is 6.28. The molecule has 2 rings (SSSR count). The van der Waals surface area contributed by atoms with Crippen LogP contribution in [0.3, 0.4) is 0 Å². The number of aromatic nitrogens is 2. The molecule has 0 saturated heterocycles. The van der Waals surface area contributed by atoms with Crippen molar-refractivity contribution >= 4 is 23.2 Å². The molecule has 0 unspecified atom stereocenters. The van der Waals surface area contributed by atoms with Gasteiger partial charge in [0.2, 0.25) is 0 Å². The van der Waals surface area contributed by atoms with Gasteiger partial charge in [-0.3, -0.25) is 9.59 Å². The smallest absolute Gasteiger partial charge is 0.276 e. The molecule has 0 bridgehead atoms. The Bertz CT molecular complexity index is 728. The second-order valence-corrected chi connectivity index (χ2v) is 4.61. The highest BCUT2D eigenvalue weighted by atomic mass is 35.5. The summed E-state index contributed by atoms with van der Waals surface area (Å²) in [6, 6.07) is 7.57. The number of halogens is 1. The topological polar surface area (TPSA) is 73.2 Å². The van der Waals surface area contributed by atoms with E-state index in [2.05, 4.69) is 10.4 Å². The molecular formula is C14H14ClN3O3. The molecule has 1 amide bonds. The van der Waals surface area contributed by atoms with Crippen molar-refractivity contribution in [3.63, 3.8) is 0 Å². The van der Waals surface area contributed by atoms with Crippen LogP contribution in [0.2, 0.25) is 5.02 Å². The van der Waals surface area contributed by atoms with Crippen LogP contribution in [-0.4, -0.2) is 22.8 Å². The van der Waals surface area contributed by atoms with E-state index in [1.807, 2.05) is 0 Å². The second kappa shape index (κ2) is 6.41. The maximum atomic E-state index is 12.2. The lowest BCUT2D eigenvalue weighted by Gasteiger charge is -2.10. The fraction of sp³-hybridized carbons (Fsp3) is 0.214. The lowest BCUT2D eigenvalue weighted by atomic mass is 10.2. The molecule has 0 aliphatic heterocycles. The van der Waals surface area contributed by atoms with Gasteiger partial charge >= 0.3 is 0 Å². The fourth-order valence-electron chi connectivity index (χ4n) is 1.76. The van der Waals surface area contributed by atoms with E-state index < -0.39 is 5.91 Å². The summed E-state index contributed by atoms with van der Waals surface area (Å²) in [5.74, 6) is 0.0364. The van der Waals surface area contributed by atoms with Crippen LogP contribution in [0.25, 0.3) is 0 Å². The van der Waals surface area contributed by atoms with Gasteiger partial charge in [0.1, 0.15) is 11.4 Å². The van der Waals surface area contributed by atoms with Crippen molar-refractivity contribution in [1.82, 2.24) is 9.78 Å². The number of nitrogens with one attached hydrogen (secondary N) is 1. The van der Waals surface area contributed by atoms with Gasteiger partial charge in [0, 0.05) is 17.6 Å². The lowest BCUT2D eigenvalue weighted by molar-refractivity contribution is 0.101. The molecule has 0 aliphatic carbocycles. The Balaban J connectivity index is 2.30. The molecule has 0 saturated carbocycles. The Morgan fingerprint density at radius 1 is 1.38 bits per heavy atom. The van der Waals surface area contributed by atoms with Crippen molar-refractivity contribution in [3.8, 4) is 5.75 Å². The maximum absolute atomic E-state index is 12.2. The van der Waals surface area contributed by atoms with E-state index in [1.165, 1.54) is 23.9 Å². The van der Waals surface area contributed by atoms with Crippen LogP contribution in [0.1, 0.15) is 17.4 Å². The van der Waals surface area contributed by atoms with E-state index in [1.54, 1.807) is 25.1 Å². The number of anilines is 1. The Morgan fingerprint density at radius 3 is 2.81 bits per heavy atom. The number of benzene rings is 1. The fourth-order valence-corrected chi connectivity index (χ4v) is 1.93. The summed E-state index contributed by atoms with van der Waals surface area (Å²) in [5.41, 5.74) is 0.318. The number of aryl methyl sites for hydroxylation is 1. The zero-order chi connectivity index (χ0) is 15.4. The number of rotatable bonds is 4. The van der Waals surface area contributed by atoms with Gasteiger partial charge in [-0.25, -0.2) is 4.68 Å². The molecule has 6 nitrogen and oxygen atoms in total. The number of amides is 1. The average Bonchev–Trinajstić information content (AvgIpc) is 2.48. The standard InChI is InChI=1S/C14H14ClN3O3/c1-3-18-13(19)7-5-10(17-18)14(20)16-11-8-9(15)4-6-12(11)21-2/h4-8H,3H2,1-2H3,(H,16,20). The number of carbonyl (C=O) groups is 1. The molecule has 0 fully saturated rings. The van der Waals surface area contributed by atoms with Gasteiger partial charge in [0.15, 0.2) is 0 Å². The minimum absolute atomic E-state index is 0.137. The lowest BCUT2D eigenvalue weighted by Crippen LogP contribution is -2.25. The van der Waals surface area contributed by atoms with Gasteiger partial charge in [-0.05, 0) is 31.2 Å². The quantitative estimate of drug-likeness (QED) is 0.939. The van der Waals surface area contributed by atoms with Crippen molar-refractivity contribution in [2.75, 3.05) is 12.4 Å². The summed E-state index contributed by atoms with van der Waals surface area (Å²) in [4.78, 5) is 23.6. The van der Waals surface area contributed by atoms with Crippen molar-refractivity contribution in [2.45, 2.75) is 13.5 Å². The number of hydrogen-bond acceptors (Lipinski definition) is 4. The van der Waals surface area contributed by atoms with E-state index in [0.29, 0.717) is 23.0 Å². The predicted molar refractivity (Wildman–Crippen MR) is 80.1 cm³/mol. The van der Waals surface area contributed by atoms with E-state index >= 15 is 0 Å². The third-order valence-electron chi connectivity index (χ3n) is 2.81. The Morgan fingerprint density at radius 2 is 2.14 bits per heavy atom. The summed E-state index contributed by atoms with van der Waals surface area (Å²) < 4.78 is 6.36. The Labute approximate surface area is 126 Å². The van der Waals surface area contributed by atoms with Crippen LogP contribution >= 0.6 is 11.6 Å². The van der Waals surface area contributed by atoms with Gasteiger partial charge in [0.25, 0.3) is 11.5 Å². The Kier molecular flexibility index (Phi) is 4.59. The van der Waals surface area contributed by atoms with Crippen LogP contribution in [0, 0.1) is 0 Å². The van der Waals surface area contributed by atoms with E-state index in [4.69, 9.17) is 16.3 Å². The number of ether oxygens (including phenoxy) is 1. The molecule has 0 atom stereocenters. The Hall–Kier alpha value is -2.34. The SMILES string of the molecule is CCn1nc(C(=O)Nc2cc(Cl)ccc2OC)ccc1=O. The third kappa shape index (κ3) is 3.41. The normalized spacial score (nSPS) is 10.2. The van der Waals surface area contributed by atoms with Gasteiger partial charge in [-0.2, -0.15) is 5.10 Å². The third-order valence-corrected chi connectivity index (χ3v) is 3.04. The molecule has 0 aliphatic rings. The van der Waals surface area contributed by atoms with Crippen molar-refractivity contribution in [1.29, 1.82) is 0 Å². The molecule has 0 radical (unpaired) electrons. The van der Waals surface area contributed by atoms with E-state index in [0.717, 1.165) is 0 Å². The summed E-state index contributed by atoms with van der Waals surface area (Å²) in [6.07, 6.45) is 0. The minimum Gasteiger partial charge on any atom is -0.495 e. The van der Waals surface area contributed by atoms with Crippen LogP contribution in [0.4, 0.5) is 5.69 Å². The highest BCUT2D eigenvalue weighted by molar-refractivity contribution is 6.31. The van der Waals surface area contributed by atoms with Crippen LogP contribution in [0.15, 0.2) is 35.1 Å². The molecule has 7 heteroatoms. The highest BCUT2D eigenvalue weighted by Gasteiger charge is 2.12. The molecule has 2 aromatic rings.